The van der Waals surface area contributed by atoms with Crippen LogP contribution in [-0.4, -0.2) is 7.05 Å². The maximum absolute atomic E-state index is 3.50. The van der Waals surface area contributed by atoms with E-state index in [0.717, 1.165) is 6.42 Å². The third kappa shape index (κ3) is 3.71. The predicted molar refractivity (Wildman–Crippen MR) is 67.9 cm³/mol. The molecule has 80 valence electrons. The Balaban J connectivity index is 2.72. The fourth-order valence-electron chi connectivity index (χ4n) is 1.47. The molecule has 1 heterocycles. The third-order valence-corrected chi connectivity index (χ3v) is 3.84. The second kappa shape index (κ2) is 4.77. The lowest BCUT2D eigenvalue weighted by atomic mass is 9.87. The molecule has 0 spiro atoms. The van der Waals surface area contributed by atoms with Gasteiger partial charge < -0.3 is 5.32 Å². The second-order valence-corrected chi connectivity index (χ2v) is 7.24. The zero-order chi connectivity index (χ0) is 10.8. The van der Waals surface area contributed by atoms with Crippen LogP contribution < -0.4 is 5.32 Å². The zero-order valence-corrected chi connectivity index (χ0v) is 11.6. The highest BCUT2D eigenvalue weighted by Gasteiger charge is 2.19. The fraction of sp³-hybridized carbons (Fsp3) is 0.636. The first-order valence-electron chi connectivity index (χ1n) is 4.85. The summed E-state index contributed by atoms with van der Waals surface area (Å²) >= 11 is 5.32. The van der Waals surface area contributed by atoms with Crippen molar-refractivity contribution in [2.24, 2.45) is 5.41 Å². The van der Waals surface area contributed by atoms with Gasteiger partial charge in [0.2, 0.25) is 0 Å². The zero-order valence-electron chi connectivity index (χ0n) is 9.23. The Kier molecular flexibility index (Phi) is 4.16. The number of hydrogen-bond acceptors (Lipinski definition) is 2. The van der Waals surface area contributed by atoms with Crippen molar-refractivity contribution in [2.45, 2.75) is 33.2 Å². The van der Waals surface area contributed by atoms with Crippen LogP contribution in [0.15, 0.2) is 15.9 Å². The summed E-state index contributed by atoms with van der Waals surface area (Å²) in [5.74, 6) is 0. The van der Waals surface area contributed by atoms with Crippen molar-refractivity contribution in [2.75, 3.05) is 7.05 Å². The molecule has 14 heavy (non-hydrogen) atoms. The largest absolute Gasteiger partial charge is 0.312 e. The highest BCUT2D eigenvalue weighted by atomic mass is 79.9. The van der Waals surface area contributed by atoms with Gasteiger partial charge in [0, 0.05) is 10.9 Å². The molecule has 1 aromatic rings. The van der Waals surface area contributed by atoms with Gasteiger partial charge in [-0.1, -0.05) is 20.8 Å². The molecule has 0 aliphatic rings. The van der Waals surface area contributed by atoms with E-state index in [9.17, 15) is 0 Å². The van der Waals surface area contributed by atoms with Crippen molar-refractivity contribution >= 4 is 27.3 Å². The van der Waals surface area contributed by atoms with Gasteiger partial charge in [-0.05, 0) is 46.9 Å². The Hall–Kier alpha value is 0.140. The predicted octanol–water partition coefficient (Wildman–Crippen LogP) is 4.21. The minimum Gasteiger partial charge on any atom is -0.312 e. The van der Waals surface area contributed by atoms with Crippen molar-refractivity contribution < 1.29 is 0 Å². The van der Waals surface area contributed by atoms with Crippen molar-refractivity contribution in [3.63, 3.8) is 0 Å². The van der Waals surface area contributed by atoms with Crippen LogP contribution in [0.2, 0.25) is 0 Å². The molecule has 1 unspecified atom stereocenters. The van der Waals surface area contributed by atoms with Gasteiger partial charge in [-0.15, -0.1) is 11.3 Å². The monoisotopic (exact) mass is 275 g/mol. The van der Waals surface area contributed by atoms with E-state index in [1.54, 1.807) is 0 Å². The Labute approximate surface area is 99.0 Å². The number of halogens is 1. The average Bonchev–Trinajstić information content (AvgIpc) is 2.46. The Morgan fingerprint density at radius 2 is 2.07 bits per heavy atom. The number of hydrogen-bond donors (Lipinski definition) is 1. The van der Waals surface area contributed by atoms with Crippen LogP contribution in [0.3, 0.4) is 0 Å². The second-order valence-electron chi connectivity index (χ2n) is 4.75. The summed E-state index contributed by atoms with van der Waals surface area (Å²) in [6, 6.07) is 4.79. The maximum atomic E-state index is 3.50. The van der Waals surface area contributed by atoms with E-state index in [0.29, 0.717) is 11.5 Å². The van der Waals surface area contributed by atoms with E-state index in [1.165, 1.54) is 8.66 Å². The van der Waals surface area contributed by atoms with Gasteiger partial charge in [-0.3, -0.25) is 0 Å². The van der Waals surface area contributed by atoms with Gasteiger partial charge in [-0.25, -0.2) is 0 Å². The Morgan fingerprint density at radius 1 is 1.43 bits per heavy atom. The van der Waals surface area contributed by atoms with E-state index >= 15 is 0 Å². The molecular weight excluding hydrogens is 258 g/mol. The highest BCUT2D eigenvalue weighted by molar-refractivity contribution is 9.11. The minimum absolute atomic E-state index is 0.365. The molecule has 1 N–H and O–H groups in total. The smallest absolute Gasteiger partial charge is 0.0701 e. The molecule has 0 radical (unpaired) electrons. The molecule has 0 fully saturated rings. The van der Waals surface area contributed by atoms with E-state index in [1.807, 2.05) is 18.4 Å². The van der Waals surface area contributed by atoms with Gasteiger partial charge in [0.25, 0.3) is 0 Å². The van der Waals surface area contributed by atoms with Crippen LogP contribution in [0.1, 0.15) is 38.1 Å². The van der Waals surface area contributed by atoms with Crippen molar-refractivity contribution in [3.05, 3.63) is 20.8 Å². The van der Waals surface area contributed by atoms with Gasteiger partial charge in [-0.2, -0.15) is 0 Å². The summed E-state index contributed by atoms with van der Waals surface area (Å²) in [7, 11) is 2.03. The first-order chi connectivity index (χ1) is 6.42. The Bertz CT molecular complexity index is 288. The molecule has 1 atom stereocenters. The van der Waals surface area contributed by atoms with E-state index < -0.39 is 0 Å². The molecule has 0 bridgehead atoms. The lowest BCUT2D eigenvalue weighted by molar-refractivity contribution is 0.323. The first-order valence-corrected chi connectivity index (χ1v) is 6.46. The number of nitrogens with one attached hydrogen (secondary N) is 1. The minimum atomic E-state index is 0.365. The van der Waals surface area contributed by atoms with Crippen LogP contribution in [0.5, 0.6) is 0 Å². The summed E-state index contributed by atoms with van der Waals surface area (Å²) in [5.41, 5.74) is 0.365. The van der Waals surface area contributed by atoms with Gasteiger partial charge >= 0.3 is 0 Å². The van der Waals surface area contributed by atoms with Gasteiger partial charge in [0.15, 0.2) is 0 Å². The quantitative estimate of drug-likeness (QED) is 0.872. The Morgan fingerprint density at radius 3 is 2.43 bits per heavy atom. The van der Waals surface area contributed by atoms with Crippen molar-refractivity contribution in [3.8, 4) is 0 Å². The standard InChI is InChI=1S/C11H18BrNS/c1-11(2,3)7-8(13-4)9-5-6-10(12)14-9/h5-6,8,13H,7H2,1-4H3. The average molecular weight is 276 g/mol. The lowest BCUT2D eigenvalue weighted by Crippen LogP contribution is -2.21. The number of thiophene rings is 1. The van der Waals surface area contributed by atoms with Crippen LogP contribution in [0.4, 0.5) is 0 Å². The van der Waals surface area contributed by atoms with E-state index in [2.05, 4.69) is 54.2 Å². The van der Waals surface area contributed by atoms with Crippen LogP contribution in [0.25, 0.3) is 0 Å². The molecule has 1 nitrogen and oxygen atoms in total. The van der Waals surface area contributed by atoms with Crippen LogP contribution >= 0.6 is 27.3 Å². The molecule has 1 rings (SSSR count). The van der Waals surface area contributed by atoms with Gasteiger partial charge in [0.1, 0.15) is 0 Å². The summed E-state index contributed by atoms with van der Waals surface area (Å²) in [5, 5.41) is 3.38. The molecule has 0 saturated carbocycles. The van der Waals surface area contributed by atoms with Crippen LogP contribution in [-0.2, 0) is 0 Å². The van der Waals surface area contributed by atoms with E-state index in [4.69, 9.17) is 0 Å². The topological polar surface area (TPSA) is 12.0 Å². The molecule has 1 aromatic heterocycles. The molecule has 0 saturated heterocycles. The summed E-state index contributed by atoms with van der Waals surface area (Å²) < 4.78 is 1.21. The molecule has 3 heteroatoms. The first kappa shape index (κ1) is 12.2. The maximum Gasteiger partial charge on any atom is 0.0701 e. The molecule has 0 aliphatic heterocycles. The molecule has 0 aromatic carbocycles. The van der Waals surface area contributed by atoms with Crippen LogP contribution in [0, 0.1) is 5.41 Å². The summed E-state index contributed by atoms with van der Waals surface area (Å²) in [4.78, 5) is 1.41. The fourth-order valence-corrected chi connectivity index (χ4v) is 3.01. The van der Waals surface area contributed by atoms with Crippen molar-refractivity contribution in [1.82, 2.24) is 5.32 Å². The number of rotatable bonds is 3. The summed E-state index contributed by atoms with van der Waals surface area (Å²) in [6.45, 7) is 6.83. The molecular formula is C11H18BrNS. The molecule has 0 amide bonds. The normalized spacial score (nSPS) is 14.4. The summed E-state index contributed by atoms with van der Waals surface area (Å²) in [6.07, 6.45) is 1.16. The van der Waals surface area contributed by atoms with Gasteiger partial charge in [0.05, 0.1) is 3.79 Å². The molecule has 0 aliphatic carbocycles. The van der Waals surface area contributed by atoms with Crippen molar-refractivity contribution in [1.29, 1.82) is 0 Å². The SMILES string of the molecule is CNC(CC(C)(C)C)c1ccc(Br)s1. The highest BCUT2D eigenvalue weighted by Crippen LogP contribution is 2.34. The third-order valence-electron chi connectivity index (χ3n) is 2.10. The lowest BCUT2D eigenvalue weighted by Gasteiger charge is -2.24. The van der Waals surface area contributed by atoms with E-state index in [-0.39, 0.29) is 0 Å².